The summed E-state index contributed by atoms with van der Waals surface area (Å²) in [7, 11) is -4.07. The molecule has 0 saturated carbocycles. The minimum absolute atomic E-state index is 0.0528. The van der Waals surface area contributed by atoms with Gasteiger partial charge in [0.25, 0.3) is 10.0 Å². The van der Waals surface area contributed by atoms with Gasteiger partial charge in [0.15, 0.2) is 0 Å². The lowest BCUT2D eigenvalue weighted by Crippen LogP contribution is -2.30. The second kappa shape index (κ2) is 8.52. The molecule has 2 aromatic carbocycles. The average molecular weight is 428 g/mol. The molecule has 1 aliphatic rings. The molecule has 1 fully saturated rings. The fraction of sp³-hybridized carbons (Fsp3) is 0.400. The van der Waals surface area contributed by atoms with E-state index in [-0.39, 0.29) is 10.6 Å². The first kappa shape index (κ1) is 21.3. The summed E-state index contributed by atoms with van der Waals surface area (Å²) < 4.78 is 72.9. The van der Waals surface area contributed by atoms with Gasteiger partial charge in [-0.15, -0.1) is 0 Å². The lowest BCUT2D eigenvalue weighted by molar-refractivity contribution is -0.137. The van der Waals surface area contributed by atoms with Crippen LogP contribution in [0.5, 0.6) is 5.75 Å². The molecule has 0 atom stereocenters. The molecule has 1 N–H and O–H groups in total. The fourth-order valence-corrected chi connectivity index (χ4v) is 4.36. The van der Waals surface area contributed by atoms with E-state index in [2.05, 4.69) is 4.72 Å². The van der Waals surface area contributed by atoms with Gasteiger partial charge in [0.1, 0.15) is 5.75 Å². The number of nitrogens with one attached hydrogen (secondary N) is 1. The van der Waals surface area contributed by atoms with E-state index in [0.717, 1.165) is 31.4 Å². The van der Waals surface area contributed by atoms with Gasteiger partial charge in [0.05, 0.1) is 28.4 Å². The zero-order valence-electron chi connectivity index (χ0n) is 16.0. The highest BCUT2D eigenvalue weighted by Gasteiger charge is 2.32. The topological polar surface area (TPSA) is 58.6 Å². The Morgan fingerprint density at radius 3 is 2.28 bits per heavy atom. The molecule has 5 nitrogen and oxygen atoms in total. The van der Waals surface area contributed by atoms with Crippen molar-refractivity contribution in [2.24, 2.45) is 0 Å². The van der Waals surface area contributed by atoms with Crippen LogP contribution in [-0.2, 0) is 16.2 Å². The molecule has 158 valence electrons. The Bertz CT molecular complexity index is 938. The van der Waals surface area contributed by atoms with Crippen LogP contribution >= 0.6 is 0 Å². The third-order valence-corrected chi connectivity index (χ3v) is 6.09. The summed E-state index contributed by atoms with van der Waals surface area (Å²) in [6, 6.07) is 8.92. The number of sulfonamides is 1. The molecule has 0 radical (unpaired) electrons. The Hall–Kier alpha value is -2.42. The van der Waals surface area contributed by atoms with Crippen molar-refractivity contribution in [1.29, 1.82) is 0 Å². The van der Waals surface area contributed by atoms with Crippen LogP contribution in [0, 0.1) is 0 Å². The molecular weight excluding hydrogens is 405 g/mol. The molecule has 0 bridgehead atoms. The summed E-state index contributed by atoms with van der Waals surface area (Å²) in [6.07, 6.45) is -1.71. The number of nitrogens with zero attached hydrogens (tertiary/aromatic N) is 1. The summed E-state index contributed by atoms with van der Waals surface area (Å²) in [4.78, 5) is 1.86. The third-order valence-electron chi connectivity index (χ3n) is 4.71. The van der Waals surface area contributed by atoms with Crippen LogP contribution in [0.1, 0.15) is 31.7 Å². The molecule has 1 heterocycles. The molecule has 29 heavy (non-hydrogen) atoms. The fourth-order valence-electron chi connectivity index (χ4n) is 3.29. The number of halogens is 3. The van der Waals surface area contributed by atoms with Gasteiger partial charge in [-0.25, -0.2) is 8.42 Å². The van der Waals surface area contributed by atoms with Gasteiger partial charge >= 0.3 is 6.18 Å². The Balaban J connectivity index is 1.96. The molecule has 0 aliphatic carbocycles. The predicted octanol–water partition coefficient (Wildman–Crippen LogP) is 4.90. The predicted molar refractivity (Wildman–Crippen MR) is 106 cm³/mol. The van der Waals surface area contributed by atoms with E-state index in [1.807, 2.05) is 11.8 Å². The summed E-state index contributed by atoms with van der Waals surface area (Å²) >= 11 is 0. The maximum absolute atomic E-state index is 13.2. The monoisotopic (exact) mass is 428 g/mol. The number of hydrogen-bond donors (Lipinski definition) is 1. The Kier molecular flexibility index (Phi) is 6.26. The van der Waals surface area contributed by atoms with Crippen LogP contribution in [-0.4, -0.2) is 28.1 Å². The first-order valence-corrected chi connectivity index (χ1v) is 10.9. The van der Waals surface area contributed by atoms with E-state index in [0.29, 0.717) is 31.1 Å². The van der Waals surface area contributed by atoms with Crippen molar-refractivity contribution in [3.05, 3.63) is 48.0 Å². The third kappa shape index (κ3) is 5.14. The second-order valence-electron chi connectivity index (χ2n) is 6.79. The van der Waals surface area contributed by atoms with Crippen LogP contribution in [0.15, 0.2) is 47.4 Å². The Morgan fingerprint density at radius 1 is 1.03 bits per heavy atom. The minimum Gasteiger partial charge on any atom is -0.494 e. The van der Waals surface area contributed by atoms with Crippen molar-refractivity contribution in [3.8, 4) is 5.75 Å². The molecule has 0 unspecified atom stereocenters. The summed E-state index contributed by atoms with van der Waals surface area (Å²) in [5, 5.41) is 0. The zero-order chi connectivity index (χ0) is 21.1. The second-order valence-corrected chi connectivity index (χ2v) is 8.47. The van der Waals surface area contributed by atoms with Crippen LogP contribution in [0.4, 0.5) is 24.5 Å². The summed E-state index contributed by atoms with van der Waals surface area (Å²) in [6.45, 7) is 3.59. The van der Waals surface area contributed by atoms with Crippen molar-refractivity contribution in [3.63, 3.8) is 0 Å². The number of rotatable bonds is 6. The molecule has 0 amide bonds. The number of hydrogen-bond acceptors (Lipinski definition) is 4. The number of benzene rings is 2. The number of ether oxygens (including phenoxy) is 1. The minimum atomic E-state index is -4.57. The Morgan fingerprint density at radius 2 is 1.69 bits per heavy atom. The zero-order valence-corrected chi connectivity index (χ0v) is 16.8. The Labute approximate surface area is 168 Å². The highest BCUT2D eigenvalue weighted by Crippen LogP contribution is 2.37. The van der Waals surface area contributed by atoms with Gasteiger partial charge in [-0.3, -0.25) is 4.72 Å². The summed E-state index contributed by atoms with van der Waals surface area (Å²) in [5.74, 6) is 0.513. The smallest absolute Gasteiger partial charge is 0.416 e. The van der Waals surface area contributed by atoms with Gasteiger partial charge < -0.3 is 9.64 Å². The highest BCUT2D eigenvalue weighted by atomic mass is 32.2. The molecule has 9 heteroatoms. The number of anilines is 2. The van der Waals surface area contributed by atoms with Crippen LogP contribution in [0.25, 0.3) is 0 Å². The van der Waals surface area contributed by atoms with Crippen molar-refractivity contribution in [2.45, 2.75) is 37.3 Å². The first-order valence-electron chi connectivity index (χ1n) is 9.42. The molecule has 0 aromatic heterocycles. The quantitative estimate of drug-likeness (QED) is 0.711. The SMILES string of the molecule is CCOc1ccc(S(=O)(=O)Nc2cc(C(F)(F)F)ccc2N2CCCCC2)cc1. The largest absolute Gasteiger partial charge is 0.494 e. The normalized spacial score (nSPS) is 15.2. The van der Waals surface area contributed by atoms with Gasteiger partial charge in [-0.1, -0.05) is 0 Å². The molecule has 3 rings (SSSR count). The molecule has 1 saturated heterocycles. The lowest BCUT2D eigenvalue weighted by atomic mass is 10.1. The van der Waals surface area contributed by atoms with Crippen LogP contribution in [0.3, 0.4) is 0 Å². The van der Waals surface area contributed by atoms with Gasteiger partial charge in [0, 0.05) is 13.1 Å². The van der Waals surface area contributed by atoms with E-state index in [1.165, 1.54) is 30.3 Å². The first-order chi connectivity index (χ1) is 13.7. The molecule has 1 aliphatic heterocycles. The maximum Gasteiger partial charge on any atom is 0.416 e. The highest BCUT2D eigenvalue weighted by molar-refractivity contribution is 7.92. The number of piperidine rings is 1. The maximum atomic E-state index is 13.2. The molecule has 2 aromatic rings. The van der Waals surface area contributed by atoms with Gasteiger partial charge in [-0.05, 0) is 68.7 Å². The van der Waals surface area contributed by atoms with E-state index in [4.69, 9.17) is 4.74 Å². The summed E-state index contributed by atoms with van der Waals surface area (Å²) in [5.41, 5.74) is -0.523. The van der Waals surface area contributed by atoms with Crippen LogP contribution in [0.2, 0.25) is 0 Å². The van der Waals surface area contributed by atoms with Crippen molar-refractivity contribution in [1.82, 2.24) is 0 Å². The van der Waals surface area contributed by atoms with Crippen molar-refractivity contribution < 1.29 is 26.3 Å². The van der Waals surface area contributed by atoms with E-state index in [1.54, 1.807) is 0 Å². The van der Waals surface area contributed by atoms with Gasteiger partial charge in [-0.2, -0.15) is 13.2 Å². The molecular formula is C20H23F3N2O3S. The van der Waals surface area contributed by atoms with E-state index < -0.39 is 21.8 Å². The van der Waals surface area contributed by atoms with E-state index >= 15 is 0 Å². The van der Waals surface area contributed by atoms with Crippen molar-refractivity contribution in [2.75, 3.05) is 29.3 Å². The number of alkyl halides is 3. The lowest BCUT2D eigenvalue weighted by Gasteiger charge is -2.31. The van der Waals surface area contributed by atoms with Gasteiger partial charge in [0.2, 0.25) is 0 Å². The van der Waals surface area contributed by atoms with E-state index in [9.17, 15) is 21.6 Å². The standard InChI is InChI=1S/C20H23F3N2O3S/c1-2-28-16-7-9-17(10-8-16)29(26,27)24-18-14-15(20(21,22)23)6-11-19(18)25-12-4-3-5-13-25/h6-11,14,24H,2-5,12-13H2,1H3. The average Bonchev–Trinajstić information content (AvgIpc) is 2.68. The van der Waals surface area contributed by atoms with Crippen molar-refractivity contribution >= 4 is 21.4 Å². The molecule has 0 spiro atoms. The van der Waals surface area contributed by atoms with Crippen LogP contribution < -0.4 is 14.4 Å².